The molecule has 1 N–H and O–H groups in total. The van der Waals surface area contributed by atoms with Crippen LogP contribution in [0.25, 0.3) is 0 Å². The average molecular weight is 260 g/mol. The Balaban J connectivity index is 1.87. The molecule has 18 heavy (non-hydrogen) atoms. The summed E-state index contributed by atoms with van der Waals surface area (Å²) in [6, 6.07) is 10.1. The summed E-state index contributed by atoms with van der Waals surface area (Å²) in [5, 5.41) is 10.3. The van der Waals surface area contributed by atoms with Crippen LogP contribution in [0.15, 0.2) is 47.4 Å². The minimum atomic E-state index is -0.472. The van der Waals surface area contributed by atoms with Crippen molar-refractivity contribution < 1.29 is 9.90 Å². The Morgan fingerprint density at radius 1 is 1.17 bits per heavy atom. The van der Waals surface area contributed by atoms with Gasteiger partial charge in [-0.1, -0.05) is 24.3 Å². The van der Waals surface area contributed by atoms with E-state index in [1.807, 2.05) is 24.3 Å². The number of fused-ring (bicyclic) bond motifs is 2. The first-order valence-electron chi connectivity index (χ1n) is 6.37. The molecule has 2 aliphatic carbocycles. The van der Waals surface area contributed by atoms with Gasteiger partial charge in [0.15, 0.2) is 5.78 Å². The maximum Gasteiger partial charge on any atom is 0.162 e. The third-order valence-corrected chi connectivity index (χ3v) is 5.30. The molecule has 3 heteroatoms. The van der Waals surface area contributed by atoms with Gasteiger partial charge in [0.25, 0.3) is 0 Å². The van der Waals surface area contributed by atoms with Gasteiger partial charge in [0, 0.05) is 10.1 Å². The fourth-order valence-electron chi connectivity index (χ4n) is 2.90. The Labute approximate surface area is 111 Å². The van der Waals surface area contributed by atoms with Crippen molar-refractivity contribution >= 4 is 17.5 Å². The van der Waals surface area contributed by atoms with Gasteiger partial charge in [-0.3, -0.25) is 4.79 Å². The molecule has 1 saturated carbocycles. The summed E-state index contributed by atoms with van der Waals surface area (Å²) < 4.78 is 0. The number of benzene rings is 1. The van der Waals surface area contributed by atoms with Gasteiger partial charge in [-0.15, -0.1) is 11.8 Å². The molecule has 2 bridgehead atoms. The summed E-state index contributed by atoms with van der Waals surface area (Å²) in [5.41, 5.74) is 0. The fourth-order valence-corrected chi connectivity index (χ4v) is 4.39. The minimum absolute atomic E-state index is 0.0897. The van der Waals surface area contributed by atoms with Crippen LogP contribution in [0.4, 0.5) is 0 Å². The molecule has 0 heterocycles. The highest BCUT2D eigenvalue weighted by Crippen LogP contribution is 2.44. The van der Waals surface area contributed by atoms with E-state index in [1.54, 1.807) is 17.8 Å². The van der Waals surface area contributed by atoms with E-state index in [9.17, 15) is 9.90 Å². The van der Waals surface area contributed by atoms with Crippen LogP contribution in [-0.4, -0.2) is 22.2 Å². The zero-order valence-corrected chi connectivity index (χ0v) is 10.8. The molecule has 2 aliphatic rings. The second kappa shape index (κ2) is 4.90. The predicted molar refractivity (Wildman–Crippen MR) is 72.5 cm³/mol. The molecule has 0 aromatic heterocycles. The molecule has 94 valence electrons. The van der Waals surface area contributed by atoms with Crippen molar-refractivity contribution in [3.8, 4) is 0 Å². The van der Waals surface area contributed by atoms with E-state index in [4.69, 9.17) is 0 Å². The quantitative estimate of drug-likeness (QED) is 0.888. The third-order valence-electron chi connectivity index (χ3n) is 3.84. The zero-order valence-electron chi connectivity index (χ0n) is 10.0. The largest absolute Gasteiger partial charge is 0.392 e. The molecule has 0 amide bonds. The molecule has 0 aliphatic heterocycles. The zero-order chi connectivity index (χ0) is 12.5. The fraction of sp³-hybridized carbons (Fsp3) is 0.400. The van der Waals surface area contributed by atoms with Crippen molar-refractivity contribution in [3.63, 3.8) is 0 Å². The molecule has 1 fully saturated rings. The van der Waals surface area contributed by atoms with Crippen LogP contribution < -0.4 is 0 Å². The first kappa shape index (κ1) is 12.0. The Kier molecular flexibility index (Phi) is 3.27. The first-order chi connectivity index (χ1) is 8.75. The Morgan fingerprint density at radius 2 is 1.94 bits per heavy atom. The summed E-state index contributed by atoms with van der Waals surface area (Å²) in [5.74, 6) is 0.284. The van der Waals surface area contributed by atoms with E-state index in [1.165, 1.54) is 4.90 Å². The first-order valence-corrected chi connectivity index (χ1v) is 7.25. The summed E-state index contributed by atoms with van der Waals surface area (Å²) in [6.07, 6.45) is 4.95. The van der Waals surface area contributed by atoms with Crippen LogP contribution in [0.2, 0.25) is 0 Å². The van der Waals surface area contributed by atoms with Crippen molar-refractivity contribution in [1.82, 2.24) is 0 Å². The number of hydrogen-bond acceptors (Lipinski definition) is 3. The van der Waals surface area contributed by atoms with Gasteiger partial charge in [0.05, 0.1) is 12.0 Å². The summed E-state index contributed by atoms with van der Waals surface area (Å²) in [7, 11) is 0. The summed E-state index contributed by atoms with van der Waals surface area (Å²) in [6.45, 7) is 0. The molecule has 3 rings (SSSR count). The average Bonchev–Trinajstić information content (AvgIpc) is 2.38. The van der Waals surface area contributed by atoms with Gasteiger partial charge in [-0.2, -0.15) is 0 Å². The van der Waals surface area contributed by atoms with E-state index in [0.717, 1.165) is 12.8 Å². The lowest BCUT2D eigenvalue weighted by molar-refractivity contribution is -0.124. The topological polar surface area (TPSA) is 37.3 Å². The van der Waals surface area contributed by atoms with Gasteiger partial charge in [-0.25, -0.2) is 0 Å². The van der Waals surface area contributed by atoms with Gasteiger partial charge in [0.2, 0.25) is 0 Å². The second-order valence-corrected chi connectivity index (χ2v) is 6.24. The van der Waals surface area contributed by atoms with E-state index < -0.39 is 6.10 Å². The maximum atomic E-state index is 12.0. The molecule has 0 radical (unpaired) electrons. The number of aliphatic hydroxyl groups is 1. The summed E-state index contributed by atoms with van der Waals surface area (Å²) >= 11 is 1.73. The maximum absolute atomic E-state index is 12.0. The van der Waals surface area contributed by atoms with E-state index >= 15 is 0 Å². The highest BCUT2D eigenvalue weighted by atomic mass is 32.2. The molecular formula is C15H16O2S. The smallest absolute Gasteiger partial charge is 0.162 e. The number of allylic oxidation sites excluding steroid dienone is 2. The van der Waals surface area contributed by atoms with Crippen LogP contribution in [0.3, 0.4) is 0 Å². The number of aliphatic hydroxyl groups excluding tert-OH is 1. The lowest BCUT2D eigenvalue weighted by Gasteiger charge is -2.40. The molecule has 1 aromatic carbocycles. The molecular weight excluding hydrogens is 244 g/mol. The molecule has 0 unspecified atom stereocenters. The van der Waals surface area contributed by atoms with Gasteiger partial charge >= 0.3 is 0 Å². The van der Waals surface area contributed by atoms with Crippen molar-refractivity contribution in [3.05, 3.63) is 42.5 Å². The molecule has 0 saturated heterocycles. The highest BCUT2D eigenvalue weighted by molar-refractivity contribution is 8.00. The van der Waals surface area contributed by atoms with Crippen LogP contribution in [0.1, 0.15) is 12.8 Å². The van der Waals surface area contributed by atoms with E-state index in [0.29, 0.717) is 5.92 Å². The van der Waals surface area contributed by atoms with Crippen LogP contribution in [-0.2, 0) is 4.79 Å². The molecule has 2 nitrogen and oxygen atoms in total. The lowest BCUT2D eigenvalue weighted by atomic mass is 9.73. The number of thioether (sulfide) groups is 1. The second-order valence-electron chi connectivity index (χ2n) is 4.99. The Hall–Kier alpha value is -1.06. The van der Waals surface area contributed by atoms with Crippen LogP contribution in [0.5, 0.6) is 0 Å². The van der Waals surface area contributed by atoms with Crippen molar-refractivity contribution in [2.75, 3.05) is 0 Å². The lowest BCUT2D eigenvalue weighted by Crippen LogP contribution is -2.46. The van der Waals surface area contributed by atoms with Gasteiger partial charge in [0.1, 0.15) is 0 Å². The SMILES string of the molecule is O=C1C=C[C@@H]2CC[C@H](O)[C@H]1[C@@H]2Sc1ccccc1. The molecule has 1 aromatic rings. The van der Waals surface area contributed by atoms with Crippen LogP contribution >= 0.6 is 11.8 Å². The van der Waals surface area contributed by atoms with E-state index in [-0.39, 0.29) is 17.0 Å². The highest BCUT2D eigenvalue weighted by Gasteiger charge is 2.43. The number of carbonyl (C=O) groups excluding carboxylic acids is 1. The normalized spacial score (nSPS) is 34.6. The molecule has 4 atom stereocenters. The third kappa shape index (κ3) is 2.13. The van der Waals surface area contributed by atoms with Gasteiger partial charge in [-0.05, 0) is 37.0 Å². The van der Waals surface area contributed by atoms with E-state index in [2.05, 4.69) is 12.1 Å². The predicted octanol–water partition coefficient (Wildman–Crippen LogP) is 2.67. The van der Waals surface area contributed by atoms with Crippen molar-refractivity contribution in [1.29, 1.82) is 0 Å². The number of carbonyl (C=O) groups is 1. The monoisotopic (exact) mass is 260 g/mol. The minimum Gasteiger partial charge on any atom is -0.392 e. The number of hydrogen-bond donors (Lipinski definition) is 1. The van der Waals surface area contributed by atoms with Crippen molar-refractivity contribution in [2.45, 2.75) is 29.1 Å². The summed E-state index contributed by atoms with van der Waals surface area (Å²) in [4.78, 5) is 13.1. The van der Waals surface area contributed by atoms with Crippen LogP contribution in [0, 0.1) is 11.8 Å². The Bertz CT molecular complexity index is 469. The standard InChI is InChI=1S/C15H16O2S/c16-12-8-6-10-7-9-13(17)14(12)15(10)18-11-4-2-1-3-5-11/h1-6,8,10,13-15,17H,7,9H2/t10-,13+,14+,15-/m1/s1. The molecule has 0 spiro atoms. The Morgan fingerprint density at radius 3 is 2.72 bits per heavy atom. The van der Waals surface area contributed by atoms with Gasteiger partial charge < -0.3 is 5.11 Å². The van der Waals surface area contributed by atoms with Crippen molar-refractivity contribution in [2.24, 2.45) is 11.8 Å². The number of ketones is 1. The number of rotatable bonds is 2.